The van der Waals surface area contributed by atoms with Crippen molar-refractivity contribution in [2.45, 2.75) is 27.0 Å². The third-order valence-electron chi connectivity index (χ3n) is 2.63. The Balaban J connectivity index is 0.00000484. The van der Waals surface area contributed by atoms with Crippen LogP contribution in [0.15, 0.2) is 29.3 Å². The molecule has 23 heavy (non-hydrogen) atoms. The lowest BCUT2D eigenvalue weighted by Crippen LogP contribution is -2.39. The molecule has 0 saturated heterocycles. The van der Waals surface area contributed by atoms with Gasteiger partial charge in [-0.3, -0.25) is 0 Å². The predicted molar refractivity (Wildman–Crippen MR) is 97.8 cm³/mol. The van der Waals surface area contributed by atoms with Gasteiger partial charge in [-0.1, -0.05) is 12.1 Å². The van der Waals surface area contributed by atoms with Crippen LogP contribution in [-0.2, 0) is 11.3 Å². The molecule has 1 aromatic rings. The fraction of sp³-hybridized carbons (Fsp3) is 0.533. The minimum absolute atomic E-state index is 0. The molecule has 0 aliphatic carbocycles. The van der Waals surface area contributed by atoms with Gasteiger partial charge in [0.1, 0.15) is 5.75 Å². The highest BCUT2D eigenvalue weighted by Gasteiger charge is 2.04. The second-order valence-electron chi connectivity index (χ2n) is 4.34. The predicted octanol–water partition coefficient (Wildman–Crippen LogP) is 3.00. The summed E-state index contributed by atoms with van der Waals surface area (Å²) in [5.41, 5.74) is 0.792. The zero-order valence-corrected chi connectivity index (χ0v) is 15.7. The van der Waals surface area contributed by atoms with E-state index in [2.05, 4.69) is 20.4 Å². The Labute approximate surface area is 152 Å². The molecule has 0 saturated carbocycles. The van der Waals surface area contributed by atoms with Crippen molar-refractivity contribution in [3.05, 3.63) is 29.8 Å². The van der Waals surface area contributed by atoms with Gasteiger partial charge in [0.2, 0.25) is 0 Å². The molecule has 0 bridgehead atoms. The maximum atomic E-state index is 12.2. The van der Waals surface area contributed by atoms with Gasteiger partial charge >= 0.3 is 6.61 Å². The minimum Gasteiger partial charge on any atom is -0.435 e. The lowest BCUT2D eigenvalue weighted by Gasteiger charge is -2.11. The van der Waals surface area contributed by atoms with Crippen LogP contribution in [0.5, 0.6) is 5.75 Å². The summed E-state index contributed by atoms with van der Waals surface area (Å²) in [6, 6.07) is 6.52. The Hall–Kier alpha value is -1.16. The molecule has 0 radical (unpaired) electrons. The van der Waals surface area contributed by atoms with E-state index >= 15 is 0 Å². The maximum Gasteiger partial charge on any atom is 0.387 e. The van der Waals surface area contributed by atoms with E-state index in [0.717, 1.165) is 12.1 Å². The number of rotatable bonds is 9. The van der Waals surface area contributed by atoms with E-state index in [1.54, 1.807) is 12.1 Å². The van der Waals surface area contributed by atoms with E-state index in [1.807, 2.05) is 19.9 Å². The molecule has 0 aromatic heterocycles. The van der Waals surface area contributed by atoms with E-state index in [-0.39, 0.29) is 29.7 Å². The molecule has 1 aromatic carbocycles. The van der Waals surface area contributed by atoms with Crippen LogP contribution < -0.4 is 15.4 Å². The van der Waals surface area contributed by atoms with Gasteiger partial charge in [0, 0.05) is 19.7 Å². The fourth-order valence-electron chi connectivity index (χ4n) is 1.72. The number of aliphatic imine (C=N–C) groups is 1. The summed E-state index contributed by atoms with van der Waals surface area (Å²) in [5.74, 6) is 0.791. The summed E-state index contributed by atoms with van der Waals surface area (Å²) in [5, 5.41) is 6.24. The van der Waals surface area contributed by atoms with Crippen LogP contribution in [-0.4, -0.2) is 38.9 Å². The van der Waals surface area contributed by atoms with Crippen molar-refractivity contribution < 1.29 is 18.3 Å². The lowest BCUT2D eigenvalue weighted by atomic mass is 10.2. The van der Waals surface area contributed by atoms with E-state index in [9.17, 15) is 8.78 Å². The molecule has 0 aliphatic rings. The number of nitrogens with one attached hydrogen (secondary N) is 2. The third-order valence-corrected chi connectivity index (χ3v) is 2.63. The van der Waals surface area contributed by atoms with Crippen LogP contribution in [0.25, 0.3) is 0 Å². The zero-order valence-electron chi connectivity index (χ0n) is 13.4. The molecule has 0 amide bonds. The molecule has 0 heterocycles. The van der Waals surface area contributed by atoms with Crippen LogP contribution in [0, 0.1) is 0 Å². The Morgan fingerprint density at radius 1 is 1.26 bits per heavy atom. The highest BCUT2D eigenvalue weighted by molar-refractivity contribution is 14.0. The SMILES string of the molecule is CCNC(=NCc1cccc(OC(F)F)c1)NCCOCC.I. The van der Waals surface area contributed by atoms with Crippen LogP contribution in [0.4, 0.5) is 8.78 Å². The largest absolute Gasteiger partial charge is 0.435 e. The summed E-state index contributed by atoms with van der Waals surface area (Å²) in [6.07, 6.45) is 0. The molecule has 0 atom stereocenters. The van der Waals surface area contributed by atoms with Gasteiger partial charge in [0.05, 0.1) is 13.2 Å². The molecule has 8 heteroatoms. The first-order valence-electron chi connectivity index (χ1n) is 7.29. The highest BCUT2D eigenvalue weighted by Crippen LogP contribution is 2.16. The number of benzene rings is 1. The van der Waals surface area contributed by atoms with Gasteiger partial charge in [0.25, 0.3) is 0 Å². The van der Waals surface area contributed by atoms with E-state index in [0.29, 0.717) is 32.3 Å². The normalized spacial score (nSPS) is 11.1. The number of ether oxygens (including phenoxy) is 2. The summed E-state index contributed by atoms with van der Waals surface area (Å²) in [6.45, 7) is 4.10. The molecule has 0 unspecified atom stereocenters. The smallest absolute Gasteiger partial charge is 0.387 e. The first-order chi connectivity index (χ1) is 10.7. The zero-order chi connectivity index (χ0) is 16.2. The van der Waals surface area contributed by atoms with Crippen molar-refractivity contribution in [2.24, 2.45) is 4.99 Å². The topological polar surface area (TPSA) is 54.9 Å². The van der Waals surface area contributed by atoms with Gasteiger partial charge in [-0.05, 0) is 31.5 Å². The number of hydrogen-bond acceptors (Lipinski definition) is 3. The Morgan fingerprint density at radius 3 is 2.70 bits per heavy atom. The van der Waals surface area contributed by atoms with E-state index in [1.165, 1.54) is 6.07 Å². The molecule has 0 spiro atoms. The molecular weight excluding hydrogens is 419 g/mol. The summed E-state index contributed by atoms with van der Waals surface area (Å²) in [4.78, 5) is 4.40. The van der Waals surface area contributed by atoms with Crippen molar-refractivity contribution in [1.29, 1.82) is 0 Å². The number of guanidine groups is 1. The Morgan fingerprint density at radius 2 is 2.04 bits per heavy atom. The third kappa shape index (κ3) is 10.3. The quantitative estimate of drug-likeness (QED) is 0.267. The van der Waals surface area contributed by atoms with Crippen LogP contribution in [0.2, 0.25) is 0 Å². The van der Waals surface area contributed by atoms with Crippen molar-refractivity contribution in [1.82, 2.24) is 10.6 Å². The number of alkyl halides is 2. The average Bonchev–Trinajstić information content (AvgIpc) is 2.49. The molecular formula is C15H24F2IN3O2. The average molecular weight is 443 g/mol. The van der Waals surface area contributed by atoms with Crippen molar-refractivity contribution in [2.75, 3.05) is 26.3 Å². The van der Waals surface area contributed by atoms with Gasteiger partial charge in [-0.2, -0.15) is 8.78 Å². The van der Waals surface area contributed by atoms with Crippen molar-refractivity contribution in [3.63, 3.8) is 0 Å². The van der Waals surface area contributed by atoms with E-state index < -0.39 is 6.61 Å². The van der Waals surface area contributed by atoms with Gasteiger partial charge < -0.3 is 20.1 Å². The maximum absolute atomic E-state index is 12.2. The monoisotopic (exact) mass is 443 g/mol. The second-order valence-corrected chi connectivity index (χ2v) is 4.34. The second kappa shape index (κ2) is 13.3. The van der Waals surface area contributed by atoms with Crippen LogP contribution >= 0.6 is 24.0 Å². The summed E-state index contributed by atoms with van der Waals surface area (Å²) in [7, 11) is 0. The molecule has 0 fully saturated rings. The van der Waals surface area contributed by atoms with Crippen LogP contribution in [0.3, 0.4) is 0 Å². The van der Waals surface area contributed by atoms with Crippen molar-refractivity contribution in [3.8, 4) is 5.75 Å². The van der Waals surface area contributed by atoms with Crippen LogP contribution in [0.1, 0.15) is 19.4 Å². The Bertz CT molecular complexity index is 462. The number of halogens is 3. The highest BCUT2D eigenvalue weighted by atomic mass is 127. The van der Waals surface area contributed by atoms with Gasteiger partial charge in [-0.25, -0.2) is 4.99 Å². The number of hydrogen-bond donors (Lipinski definition) is 2. The molecule has 132 valence electrons. The summed E-state index contributed by atoms with van der Waals surface area (Å²) >= 11 is 0. The summed E-state index contributed by atoms with van der Waals surface area (Å²) < 4.78 is 34.0. The van der Waals surface area contributed by atoms with Gasteiger partial charge in [-0.15, -0.1) is 24.0 Å². The first kappa shape index (κ1) is 21.8. The minimum atomic E-state index is -2.82. The standard InChI is InChI=1S/C15H23F2N3O2.HI/c1-3-18-15(19-8-9-21-4-2)20-11-12-6-5-7-13(10-12)22-14(16)17;/h5-7,10,14H,3-4,8-9,11H2,1-2H3,(H2,18,19,20);1H. The van der Waals surface area contributed by atoms with Crippen molar-refractivity contribution >= 4 is 29.9 Å². The first-order valence-corrected chi connectivity index (χ1v) is 7.29. The van der Waals surface area contributed by atoms with Gasteiger partial charge in [0.15, 0.2) is 5.96 Å². The molecule has 1 rings (SSSR count). The molecule has 5 nitrogen and oxygen atoms in total. The van der Waals surface area contributed by atoms with E-state index in [4.69, 9.17) is 4.74 Å². The Kier molecular flexibility index (Phi) is 12.6. The lowest BCUT2D eigenvalue weighted by molar-refractivity contribution is -0.0498. The fourth-order valence-corrected chi connectivity index (χ4v) is 1.72. The number of nitrogens with zero attached hydrogens (tertiary/aromatic N) is 1. The molecule has 0 aliphatic heterocycles. The molecule has 2 N–H and O–H groups in total.